The molecule has 37 heavy (non-hydrogen) atoms. The van der Waals surface area contributed by atoms with Crippen molar-refractivity contribution in [2.45, 2.75) is 30.7 Å². The average Bonchev–Trinajstić information content (AvgIpc) is 2.90. The van der Waals surface area contributed by atoms with Crippen LogP contribution >= 0.6 is 23.4 Å². The molecule has 2 N–H and O–H groups in total. The van der Waals surface area contributed by atoms with Crippen molar-refractivity contribution in [1.82, 2.24) is 10.3 Å². The number of amides is 2. The van der Waals surface area contributed by atoms with E-state index in [1.165, 1.54) is 24.0 Å². The zero-order valence-electron chi connectivity index (χ0n) is 19.9. The van der Waals surface area contributed by atoms with Gasteiger partial charge in [-0.2, -0.15) is 0 Å². The van der Waals surface area contributed by atoms with Crippen LogP contribution in [0.15, 0.2) is 77.9 Å². The quantitative estimate of drug-likeness (QED) is 0.474. The number of nitrogens with zero attached hydrogens (tertiary/aromatic N) is 2. The van der Waals surface area contributed by atoms with E-state index < -0.39 is 17.1 Å². The Morgan fingerprint density at radius 3 is 2.65 bits per heavy atom. The van der Waals surface area contributed by atoms with Crippen molar-refractivity contribution in [2.24, 2.45) is 4.99 Å². The predicted octanol–water partition coefficient (Wildman–Crippen LogP) is 5.23. The minimum Gasteiger partial charge on any atom is -0.375 e. The van der Waals surface area contributed by atoms with Crippen LogP contribution in [0.4, 0.5) is 10.1 Å². The molecule has 2 aliphatic heterocycles. The molecule has 3 heterocycles. The van der Waals surface area contributed by atoms with E-state index >= 15 is 4.39 Å². The van der Waals surface area contributed by atoms with Gasteiger partial charge in [-0.1, -0.05) is 53.7 Å². The van der Waals surface area contributed by atoms with Crippen LogP contribution in [0.5, 0.6) is 0 Å². The summed E-state index contributed by atoms with van der Waals surface area (Å²) >= 11 is 7.04. The first-order valence-corrected chi connectivity index (χ1v) is 13.1. The summed E-state index contributed by atoms with van der Waals surface area (Å²) in [6.45, 7) is 1.83. The number of thioether (sulfide) groups is 1. The van der Waals surface area contributed by atoms with Crippen LogP contribution in [0.2, 0.25) is 5.02 Å². The number of aliphatic imine (C=N–C) groups is 1. The summed E-state index contributed by atoms with van der Waals surface area (Å²) in [5.41, 5.74) is -1.46. The van der Waals surface area contributed by atoms with Crippen LogP contribution in [0, 0.1) is 0 Å². The highest BCUT2D eigenvalue weighted by atomic mass is 35.5. The molecule has 1 aromatic heterocycles. The van der Waals surface area contributed by atoms with Crippen LogP contribution in [0.25, 0.3) is 0 Å². The molecule has 1 fully saturated rings. The number of rotatable bonds is 4. The third-order valence-corrected chi connectivity index (χ3v) is 7.77. The topological polar surface area (TPSA) is 92.7 Å². The van der Waals surface area contributed by atoms with Crippen molar-refractivity contribution in [3.63, 3.8) is 0 Å². The lowest BCUT2D eigenvalue weighted by molar-refractivity contribution is -0.106. The van der Waals surface area contributed by atoms with Crippen molar-refractivity contribution in [3.05, 3.63) is 94.8 Å². The minimum absolute atomic E-state index is 0.00786. The number of aromatic nitrogens is 1. The van der Waals surface area contributed by atoms with Crippen molar-refractivity contribution >= 4 is 46.0 Å². The Bertz CT molecular complexity index is 1360. The van der Waals surface area contributed by atoms with Gasteiger partial charge in [-0.3, -0.25) is 9.59 Å². The van der Waals surface area contributed by atoms with Crippen molar-refractivity contribution in [2.75, 3.05) is 17.7 Å². The number of pyridine rings is 1. The molecule has 0 saturated carbocycles. The molecule has 0 aliphatic carbocycles. The van der Waals surface area contributed by atoms with E-state index in [-0.39, 0.29) is 36.5 Å². The van der Waals surface area contributed by atoms with Crippen LogP contribution < -0.4 is 10.6 Å². The van der Waals surface area contributed by atoms with E-state index in [2.05, 4.69) is 15.6 Å². The maximum atomic E-state index is 16.7. The number of carbonyl (C=O) groups excluding carboxylic acids is 2. The fourth-order valence-electron chi connectivity index (χ4n) is 4.56. The van der Waals surface area contributed by atoms with Gasteiger partial charge in [0.2, 0.25) is 0 Å². The molecule has 10 heteroatoms. The van der Waals surface area contributed by atoms with Gasteiger partial charge in [0.15, 0.2) is 10.8 Å². The molecule has 0 spiro atoms. The van der Waals surface area contributed by atoms with Crippen LogP contribution in [-0.2, 0) is 10.3 Å². The van der Waals surface area contributed by atoms with E-state index in [9.17, 15) is 9.59 Å². The van der Waals surface area contributed by atoms with Gasteiger partial charge >= 0.3 is 0 Å². The molecule has 7 nitrogen and oxygen atoms in total. The third kappa shape index (κ3) is 5.12. The monoisotopic (exact) mass is 538 g/mol. The Hall–Kier alpha value is -3.27. The van der Waals surface area contributed by atoms with E-state index in [4.69, 9.17) is 21.3 Å². The number of ether oxygens (including phenoxy) is 1. The second kappa shape index (κ2) is 10.2. The summed E-state index contributed by atoms with van der Waals surface area (Å²) in [6.07, 6.45) is 1.26. The number of amidine groups is 1. The van der Waals surface area contributed by atoms with Gasteiger partial charge in [-0.25, -0.2) is 14.4 Å². The largest absolute Gasteiger partial charge is 0.375 e. The second-order valence-electron chi connectivity index (χ2n) is 9.07. The fraction of sp³-hybridized carbons (Fsp3) is 0.259. The molecule has 2 aliphatic rings. The zero-order valence-corrected chi connectivity index (χ0v) is 21.5. The highest BCUT2D eigenvalue weighted by molar-refractivity contribution is 8.14. The van der Waals surface area contributed by atoms with Crippen molar-refractivity contribution in [3.8, 4) is 0 Å². The second-order valence-corrected chi connectivity index (χ2v) is 10.5. The van der Waals surface area contributed by atoms with E-state index in [1.54, 1.807) is 54.6 Å². The maximum Gasteiger partial charge on any atom is 0.274 e. The standard InChI is InChI=1S/C27H24ClFN4O3S/c1-17-13-26(29)16-37-25(32-23(34)18-6-3-2-4-7-18)33-27(26,15-36-17)19-8-5-9-21(12-19)31-24(35)22-11-10-20(28)14-30-22/h2-12,14,17H,13,15-16H2,1H3,(H,31,35)(H,32,33,34)/t17-,26+,27+/m0/s1. The van der Waals surface area contributed by atoms with Gasteiger partial charge in [0.1, 0.15) is 11.2 Å². The first-order chi connectivity index (χ1) is 17.8. The van der Waals surface area contributed by atoms with Gasteiger partial charge in [0.05, 0.1) is 17.7 Å². The summed E-state index contributed by atoms with van der Waals surface area (Å²) < 4.78 is 22.6. The highest BCUT2D eigenvalue weighted by Crippen LogP contribution is 2.51. The zero-order chi connectivity index (χ0) is 26.0. The molecule has 0 radical (unpaired) electrons. The van der Waals surface area contributed by atoms with E-state index in [1.807, 2.05) is 13.0 Å². The number of anilines is 1. The lowest BCUT2D eigenvalue weighted by Crippen LogP contribution is -2.60. The van der Waals surface area contributed by atoms with Crippen molar-refractivity contribution < 1.29 is 18.7 Å². The number of alkyl halides is 1. The minimum atomic E-state index is -1.73. The number of benzene rings is 2. The average molecular weight is 539 g/mol. The Morgan fingerprint density at radius 2 is 1.89 bits per heavy atom. The summed E-state index contributed by atoms with van der Waals surface area (Å²) in [7, 11) is 0. The molecule has 1 saturated heterocycles. The number of fused-ring (bicyclic) bond motifs is 1. The summed E-state index contributed by atoms with van der Waals surface area (Å²) in [6, 6.07) is 18.8. The summed E-state index contributed by atoms with van der Waals surface area (Å²) in [5.74, 6) is -0.653. The molecule has 2 aromatic carbocycles. The van der Waals surface area contributed by atoms with Crippen LogP contribution in [-0.4, -0.2) is 46.1 Å². The van der Waals surface area contributed by atoms with E-state index in [0.717, 1.165) is 0 Å². The summed E-state index contributed by atoms with van der Waals surface area (Å²) in [5, 5.41) is 6.37. The number of hydrogen-bond donors (Lipinski definition) is 2. The first kappa shape index (κ1) is 25.4. The molecular weight excluding hydrogens is 515 g/mol. The predicted molar refractivity (Wildman–Crippen MR) is 143 cm³/mol. The fourth-order valence-corrected chi connectivity index (χ4v) is 5.78. The smallest absolute Gasteiger partial charge is 0.274 e. The van der Waals surface area contributed by atoms with Crippen LogP contribution in [0.1, 0.15) is 39.8 Å². The lowest BCUT2D eigenvalue weighted by Gasteiger charge is -2.50. The van der Waals surface area contributed by atoms with Gasteiger partial charge in [0, 0.05) is 29.6 Å². The van der Waals surface area contributed by atoms with Gasteiger partial charge in [0.25, 0.3) is 11.8 Å². The Labute approximate surface area is 222 Å². The first-order valence-electron chi connectivity index (χ1n) is 11.7. The molecule has 0 unspecified atom stereocenters. The number of hydrogen-bond acceptors (Lipinski definition) is 6. The molecule has 3 aromatic rings. The molecular formula is C27H24ClFN4O3S. The number of carbonyl (C=O) groups is 2. The van der Waals surface area contributed by atoms with E-state index in [0.29, 0.717) is 27.0 Å². The Morgan fingerprint density at radius 1 is 1.08 bits per heavy atom. The lowest BCUT2D eigenvalue weighted by atomic mass is 9.73. The molecule has 3 atom stereocenters. The van der Waals surface area contributed by atoms with Crippen LogP contribution in [0.3, 0.4) is 0 Å². The summed E-state index contributed by atoms with van der Waals surface area (Å²) in [4.78, 5) is 34.3. The number of nitrogens with one attached hydrogen (secondary N) is 2. The van der Waals surface area contributed by atoms with Gasteiger partial charge < -0.3 is 15.4 Å². The molecule has 5 rings (SSSR count). The normalized spacial score (nSPS) is 24.9. The molecule has 0 bridgehead atoms. The van der Waals surface area contributed by atoms with Gasteiger partial charge in [-0.05, 0) is 48.9 Å². The maximum absolute atomic E-state index is 16.7. The Balaban J connectivity index is 1.48. The highest BCUT2D eigenvalue weighted by Gasteiger charge is 2.59. The van der Waals surface area contributed by atoms with Crippen molar-refractivity contribution in [1.29, 1.82) is 0 Å². The Kier molecular flexibility index (Phi) is 7.02. The molecule has 2 amide bonds. The van der Waals surface area contributed by atoms with Gasteiger partial charge in [-0.15, -0.1) is 0 Å². The number of halogens is 2. The third-order valence-electron chi connectivity index (χ3n) is 6.47. The molecule has 190 valence electrons. The SMILES string of the molecule is C[C@H]1C[C@@]2(F)CSC(NC(=O)c3ccccc3)=N[C@@]2(c2cccc(NC(=O)c3ccc(Cl)cn3)c2)CO1.